The van der Waals surface area contributed by atoms with Crippen molar-refractivity contribution in [1.82, 2.24) is 9.55 Å². The molecular weight excluding hydrogens is 238 g/mol. The number of aromatic nitrogens is 2. The molecule has 4 heteroatoms. The molecule has 100 valence electrons. The fraction of sp³-hybridized carbons (Fsp3) is 0.400. The lowest BCUT2D eigenvalue weighted by atomic mass is 10.1. The van der Waals surface area contributed by atoms with Gasteiger partial charge in [-0.15, -0.1) is 0 Å². The Kier molecular flexibility index (Phi) is 3.25. The molecule has 3 rings (SSSR count). The van der Waals surface area contributed by atoms with E-state index in [-0.39, 0.29) is 6.17 Å². The number of methoxy groups -OCH3 is 1. The van der Waals surface area contributed by atoms with Crippen LogP contribution in [0.5, 0.6) is 5.75 Å². The number of hydrogen-bond acceptors (Lipinski definition) is 3. The number of nitrogens with two attached hydrogens (primary N) is 1. The third-order valence-corrected chi connectivity index (χ3v) is 3.71. The molecule has 1 atom stereocenters. The highest BCUT2D eigenvalue weighted by Crippen LogP contribution is 2.24. The third-order valence-electron chi connectivity index (χ3n) is 3.71. The first-order valence-corrected chi connectivity index (χ1v) is 6.71. The van der Waals surface area contributed by atoms with Crippen LogP contribution in [0.15, 0.2) is 30.5 Å². The first kappa shape index (κ1) is 12.2. The molecule has 0 saturated heterocycles. The molecule has 1 aliphatic rings. The van der Waals surface area contributed by atoms with E-state index in [1.54, 1.807) is 7.11 Å². The van der Waals surface area contributed by atoms with Crippen molar-refractivity contribution in [3.05, 3.63) is 47.5 Å². The Morgan fingerprint density at radius 1 is 1.47 bits per heavy atom. The number of ether oxygens (including phenoxy) is 1. The molecule has 2 aromatic rings. The van der Waals surface area contributed by atoms with Gasteiger partial charge in [0.1, 0.15) is 11.6 Å². The van der Waals surface area contributed by atoms with Gasteiger partial charge in [0, 0.05) is 18.3 Å². The summed E-state index contributed by atoms with van der Waals surface area (Å²) in [6.07, 6.45) is 6.12. The number of imidazole rings is 1. The SMILES string of the molecule is COc1cccc(Cc2ncc3n2C(N)CCC3)c1. The van der Waals surface area contributed by atoms with Gasteiger partial charge in [0.15, 0.2) is 0 Å². The van der Waals surface area contributed by atoms with E-state index in [4.69, 9.17) is 10.5 Å². The Bertz CT molecular complexity index is 577. The normalized spacial score (nSPS) is 18.1. The second kappa shape index (κ2) is 5.05. The van der Waals surface area contributed by atoms with Crippen LogP contribution in [-0.2, 0) is 12.8 Å². The molecule has 1 aliphatic heterocycles. The van der Waals surface area contributed by atoms with Crippen LogP contribution in [0.25, 0.3) is 0 Å². The van der Waals surface area contributed by atoms with Gasteiger partial charge in [0.05, 0.1) is 13.3 Å². The molecule has 0 bridgehead atoms. The molecule has 4 nitrogen and oxygen atoms in total. The maximum absolute atomic E-state index is 6.20. The summed E-state index contributed by atoms with van der Waals surface area (Å²) in [7, 11) is 1.69. The van der Waals surface area contributed by atoms with E-state index in [9.17, 15) is 0 Å². The molecule has 1 aromatic heterocycles. The second-order valence-corrected chi connectivity index (χ2v) is 5.02. The van der Waals surface area contributed by atoms with E-state index in [2.05, 4.69) is 21.7 Å². The number of benzene rings is 1. The zero-order valence-electron chi connectivity index (χ0n) is 11.2. The Morgan fingerprint density at radius 2 is 2.37 bits per heavy atom. The summed E-state index contributed by atoms with van der Waals surface area (Å²) < 4.78 is 7.45. The maximum Gasteiger partial charge on any atom is 0.119 e. The lowest BCUT2D eigenvalue weighted by Gasteiger charge is -2.23. The molecule has 2 heterocycles. The number of rotatable bonds is 3. The Balaban J connectivity index is 1.89. The zero-order valence-corrected chi connectivity index (χ0v) is 11.2. The standard InChI is InChI=1S/C15H19N3O/c1-19-13-6-2-4-11(8-13)9-15-17-10-12-5-3-7-14(16)18(12)15/h2,4,6,8,10,14H,3,5,7,9,16H2,1H3. The molecule has 0 spiro atoms. The summed E-state index contributed by atoms with van der Waals surface area (Å²) in [5, 5.41) is 0. The van der Waals surface area contributed by atoms with E-state index in [1.165, 1.54) is 11.3 Å². The van der Waals surface area contributed by atoms with Crippen molar-refractivity contribution in [2.75, 3.05) is 7.11 Å². The van der Waals surface area contributed by atoms with Crippen molar-refractivity contribution in [1.29, 1.82) is 0 Å². The van der Waals surface area contributed by atoms with Gasteiger partial charge in [-0.1, -0.05) is 12.1 Å². The minimum Gasteiger partial charge on any atom is -0.497 e. The van der Waals surface area contributed by atoms with E-state index >= 15 is 0 Å². The van der Waals surface area contributed by atoms with Crippen LogP contribution in [0.4, 0.5) is 0 Å². The summed E-state index contributed by atoms with van der Waals surface area (Å²) in [6, 6.07) is 8.11. The van der Waals surface area contributed by atoms with E-state index in [0.717, 1.165) is 37.3 Å². The highest BCUT2D eigenvalue weighted by molar-refractivity contribution is 5.30. The average molecular weight is 257 g/mol. The Labute approximate surface area is 113 Å². The molecule has 2 N–H and O–H groups in total. The van der Waals surface area contributed by atoms with Crippen LogP contribution < -0.4 is 10.5 Å². The number of aryl methyl sites for hydroxylation is 1. The number of nitrogens with zero attached hydrogens (tertiary/aromatic N) is 2. The van der Waals surface area contributed by atoms with Crippen molar-refractivity contribution in [2.45, 2.75) is 31.8 Å². The highest BCUT2D eigenvalue weighted by atomic mass is 16.5. The summed E-state index contributed by atoms with van der Waals surface area (Å²) in [4.78, 5) is 4.54. The number of hydrogen-bond donors (Lipinski definition) is 1. The van der Waals surface area contributed by atoms with Gasteiger partial charge in [-0.25, -0.2) is 4.98 Å². The van der Waals surface area contributed by atoms with Gasteiger partial charge in [-0.2, -0.15) is 0 Å². The van der Waals surface area contributed by atoms with Crippen molar-refractivity contribution in [3.63, 3.8) is 0 Å². The molecule has 1 unspecified atom stereocenters. The number of fused-ring (bicyclic) bond motifs is 1. The van der Waals surface area contributed by atoms with Crippen LogP contribution in [0.2, 0.25) is 0 Å². The first-order chi connectivity index (χ1) is 9.28. The summed E-state index contributed by atoms with van der Waals surface area (Å²) in [6.45, 7) is 0. The van der Waals surface area contributed by atoms with E-state index in [1.807, 2.05) is 18.3 Å². The topological polar surface area (TPSA) is 53.1 Å². The van der Waals surface area contributed by atoms with Crippen molar-refractivity contribution in [3.8, 4) is 5.75 Å². The first-order valence-electron chi connectivity index (χ1n) is 6.71. The monoisotopic (exact) mass is 257 g/mol. The fourth-order valence-electron chi connectivity index (χ4n) is 2.75. The predicted octanol–water partition coefficient (Wildman–Crippen LogP) is 2.28. The quantitative estimate of drug-likeness (QED) is 0.917. The van der Waals surface area contributed by atoms with Crippen molar-refractivity contribution >= 4 is 0 Å². The lowest BCUT2D eigenvalue weighted by Crippen LogP contribution is -2.26. The van der Waals surface area contributed by atoms with E-state index in [0.29, 0.717) is 0 Å². The van der Waals surface area contributed by atoms with Crippen LogP contribution in [0.3, 0.4) is 0 Å². The van der Waals surface area contributed by atoms with Crippen LogP contribution in [0, 0.1) is 0 Å². The minimum absolute atomic E-state index is 0.0758. The van der Waals surface area contributed by atoms with Gasteiger partial charge in [-0.3, -0.25) is 0 Å². The molecule has 0 amide bonds. The summed E-state index contributed by atoms with van der Waals surface area (Å²) in [5.41, 5.74) is 8.66. The second-order valence-electron chi connectivity index (χ2n) is 5.02. The van der Waals surface area contributed by atoms with Crippen molar-refractivity contribution < 1.29 is 4.74 Å². The van der Waals surface area contributed by atoms with Crippen LogP contribution in [0.1, 0.15) is 36.1 Å². The largest absolute Gasteiger partial charge is 0.497 e. The average Bonchev–Trinajstić information content (AvgIpc) is 2.84. The Hall–Kier alpha value is -1.81. The molecule has 0 aliphatic carbocycles. The smallest absolute Gasteiger partial charge is 0.119 e. The molecule has 19 heavy (non-hydrogen) atoms. The van der Waals surface area contributed by atoms with Crippen LogP contribution in [-0.4, -0.2) is 16.7 Å². The van der Waals surface area contributed by atoms with Gasteiger partial charge in [-0.05, 0) is 37.0 Å². The molecule has 1 aromatic carbocycles. The third kappa shape index (κ3) is 2.36. The van der Waals surface area contributed by atoms with Gasteiger partial charge in [0.2, 0.25) is 0 Å². The van der Waals surface area contributed by atoms with Crippen LogP contribution >= 0.6 is 0 Å². The molecule has 0 fully saturated rings. The predicted molar refractivity (Wildman–Crippen MR) is 74.2 cm³/mol. The molecular formula is C15H19N3O. The van der Waals surface area contributed by atoms with E-state index < -0.39 is 0 Å². The van der Waals surface area contributed by atoms with Gasteiger partial charge < -0.3 is 15.0 Å². The minimum atomic E-state index is 0.0758. The highest BCUT2D eigenvalue weighted by Gasteiger charge is 2.20. The fourth-order valence-corrected chi connectivity index (χ4v) is 2.75. The van der Waals surface area contributed by atoms with Crippen molar-refractivity contribution in [2.24, 2.45) is 5.73 Å². The summed E-state index contributed by atoms with van der Waals surface area (Å²) >= 11 is 0. The molecule has 0 radical (unpaired) electrons. The van der Waals surface area contributed by atoms with Gasteiger partial charge in [0.25, 0.3) is 0 Å². The molecule has 0 saturated carbocycles. The zero-order chi connectivity index (χ0) is 13.2. The summed E-state index contributed by atoms with van der Waals surface area (Å²) in [5.74, 6) is 1.93. The van der Waals surface area contributed by atoms with Gasteiger partial charge >= 0.3 is 0 Å². The maximum atomic E-state index is 6.20. The Morgan fingerprint density at radius 3 is 3.21 bits per heavy atom. The lowest BCUT2D eigenvalue weighted by molar-refractivity contribution is 0.403.